The van der Waals surface area contributed by atoms with Crippen LogP contribution in [-0.4, -0.2) is 45.6 Å². The number of ketones is 1. The molecule has 0 aromatic carbocycles. The van der Waals surface area contributed by atoms with Crippen molar-refractivity contribution in [1.82, 2.24) is 0 Å². The molecular weight excluding hydrogens is 516 g/mol. The summed E-state index contributed by atoms with van der Waals surface area (Å²) in [7, 11) is 0. The van der Waals surface area contributed by atoms with Gasteiger partial charge < -0.3 is 29.1 Å². The smallest absolute Gasteiger partial charge is 1.00 e. The van der Waals surface area contributed by atoms with E-state index in [4.69, 9.17) is 16.3 Å². The third-order valence-electron chi connectivity index (χ3n) is 7.29. The van der Waals surface area contributed by atoms with Gasteiger partial charge in [-0.1, -0.05) is 26.0 Å². The van der Waals surface area contributed by atoms with Crippen LogP contribution in [0.5, 0.6) is 0 Å². The molecule has 0 bridgehead atoms. The van der Waals surface area contributed by atoms with Crippen molar-refractivity contribution in [3.8, 4) is 0 Å². The van der Waals surface area contributed by atoms with E-state index in [1.165, 1.54) is 57.8 Å². The van der Waals surface area contributed by atoms with Gasteiger partial charge in [0.1, 0.15) is 11.4 Å². The van der Waals surface area contributed by atoms with Crippen LogP contribution in [0.1, 0.15) is 97.8 Å². The number of rotatable bonds is 3. The fraction of sp³-hybridized carbons (Fsp3) is 0.692. The Morgan fingerprint density at radius 2 is 1.36 bits per heavy atom. The van der Waals surface area contributed by atoms with E-state index in [2.05, 4.69) is 20.1 Å². The van der Waals surface area contributed by atoms with E-state index in [0.717, 1.165) is 19.3 Å². The standard InChI is InChI=1S/C13H20O2.C8H12O.C4H5ClO.CH3.BrH.Mg/c1-10(2)11(14)15-12(3)6-4-5-7-13(12)8-9-13;9-7-3-1-2-4-8(7)5-6-8;1-3(2)4(5)6;;;/h1,4-9H2,2-3H3;1-6H2;1H2,2H3;1H3;1H;/q;;;-1;;+2/p-1. The molecule has 0 amide bonds. The summed E-state index contributed by atoms with van der Waals surface area (Å²) in [5, 5.41) is -0.463. The number of carbonyl (C=O) groups is 3. The largest absolute Gasteiger partial charge is 2.00 e. The van der Waals surface area contributed by atoms with Crippen LogP contribution in [0.25, 0.3) is 0 Å². The van der Waals surface area contributed by atoms with Crippen LogP contribution >= 0.6 is 11.6 Å². The van der Waals surface area contributed by atoms with E-state index in [9.17, 15) is 14.4 Å². The second-order valence-electron chi connectivity index (χ2n) is 9.85. The molecule has 4 rings (SSSR count). The van der Waals surface area contributed by atoms with E-state index in [0.29, 0.717) is 22.3 Å². The van der Waals surface area contributed by atoms with Crippen molar-refractivity contribution in [2.24, 2.45) is 10.8 Å². The molecule has 184 valence electrons. The fourth-order valence-electron chi connectivity index (χ4n) is 4.67. The molecule has 0 radical (unpaired) electrons. The average Bonchev–Trinajstić information content (AvgIpc) is 3.59. The zero-order valence-corrected chi connectivity index (χ0v) is 24.8. The molecule has 7 heteroatoms. The molecule has 0 aromatic rings. The minimum atomic E-state index is -0.463. The number of carbonyl (C=O) groups excluding carboxylic acids is 3. The third kappa shape index (κ3) is 9.42. The van der Waals surface area contributed by atoms with Crippen LogP contribution in [0.15, 0.2) is 24.3 Å². The molecule has 4 saturated carbocycles. The Hall–Kier alpha value is -0.174. The second-order valence-corrected chi connectivity index (χ2v) is 10.2. The average molecular weight is 556 g/mol. The van der Waals surface area contributed by atoms with Gasteiger partial charge in [0.25, 0.3) is 0 Å². The van der Waals surface area contributed by atoms with Gasteiger partial charge in [-0.2, -0.15) is 0 Å². The minimum absolute atomic E-state index is 0. The van der Waals surface area contributed by atoms with Gasteiger partial charge in [-0.25, -0.2) is 4.79 Å². The summed E-state index contributed by atoms with van der Waals surface area (Å²) in [5.41, 5.74) is 1.24. The summed E-state index contributed by atoms with van der Waals surface area (Å²) >= 11 is 4.87. The van der Waals surface area contributed by atoms with E-state index in [1.807, 2.05) is 0 Å². The maximum Gasteiger partial charge on any atom is 2.00 e. The molecular formula is C26H40BrClMgO4. The first-order valence-corrected chi connectivity index (χ1v) is 11.6. The van der Waals surface area contributed by atoms with Gasteiger partial charge >= 0.3 is 29.0 Å². The Kier molecular flexibility index (Phi) is 15.3. The summed E-state index contributed by atoms with van der Waals surface area (Å²) in [6.45, 7) is 12.3. The molecule has 4 aliphatic carbocycles. The van der Waals surface area contributed by atoms with Gasteiger partial charge in [0, 0.05) is 28.4 Å². The zero-order valence-electron chi connectivity index (χ0n) is 21.0. The maximum atomic E-state index is 11.6. The summed E-state index contributed by atoms with van der Waals surface area (Å²) in [6, 6.07) is 0. The van der Waals surface area contributed by atoms with Crippen LogP contribution in [0.4, 0.5) is 0 Å². The molecule has 4 fully saturated rings. The molecule has 4 aliphatic rings. The van der Waals surface area contributed by atoms with Crippen molar-refractivity contribution < 1.29 is 36.1 Å². The Morgan fingerprint density at radius 1 is 0.879 bits per heavy atom. The quantitative estimate of drug-likeness (QED) is 0.176. The summed E-state index contributed by atoms with van der Waals surface area (Å²) in [6.07, 6.45) is 14.1. The van der Waals surface area contributed by atoms with Crippen molar-refractivity contribution in [2.45, 2.75) is 103 Å². The number of hydrogen-bond acceptors (Lipinski definition) is 4. The van der Waals surface area contributed by atoms with Crippen LogP contribution in [0.2, 0.25) is 0 Å². The number of ether oxygens (including phenoxy) is 1. The monoisotopic (exact) mass is 554 g/mol. The number of hydrogen-bond donors (Lipinski definition) is 0. The predicted octanol–water partition coefficient (Wildman–Crippen LogP) is 3.53. The number of allylic oxidation sites excluding steroid dienone is 1. The van der Waals surface area contributed by atoms with Crippen LogP contribution in [0.3, 0.4) is 0 Å². The first-order chi connectivity index (χ1) is 14.0. The molecule has 1 unspecified atom stereocenters. The molecule has 1 atom stereocenters. The third-order valence-corrected chi connectivity index (χ3v) is 7.61. The Labute approximate surface area is 232 Å². The normalized spacial score (nSPS) is 24.5. The number of Topliss-reactive ketones (excluding diaryl/α,β-unsaturated/α-hetero) is 1. The fourth-order valence-corrected chi connectivity index (χ4v) is 4.67. The Bertz CT molecular complexity index is 716. The van der Waals surface area contributed by atoms with E-state index in [1.54, 1.807) is 13.8 Å². The van der Waals surface area contributed by atoms with Crippen molar-refractivity contribution in [3.63, 3.8) is 0 Å². The van der Waals surface area contributed by atoms with E-state index >= 15 is 0 Å². The van der Waals surface area contributed by atoms with Gasteiger partial charge in [-0.15, -0.1) is 0 Å². The molecule has 0 N–H and O–H groups in total. The van der Waals surface area contributed by atoms with Gasteiger partial charge in [-0.05, 0) is 90.2 Å². The second kappa shape index (κ2) is 14.4. The Morgan fingerprint density at radius 3 is 1.73 bits per heavy atom. The van der Waals surface area contributed by atoms with Crippen molar-refractivity contribution >= 4 is 51.6 Å². The molecule has 0 aliphatic heterocycles. The topological polar surface area (TPSA) is 60.4 Å². The summed E-state index contributed by atoms with van der Waals surface area (Å²) in [4.78, 5) is 32.6. The number of halogens is 2. The molecule has 0 heterocycles. The van der Waals surface area contributed by atoms with Crippen LogP contribution in [0, 0.1) is 18.3 Å². The SMILES string of the molecule is C=C(C)C(=O)Cl.C=C(C)C(=O)OC1(C)CCCCC12CC2.O=C1CCCCC12CC2.[Br-].[CH3-].[Mg+2]. The van der Waals surface area contributed by atoms with Crippen LogP contribution in [-0.2, 0) is 19.1 Å². The van der Waals surface area contributed by atoms with Crippen molar-refractivity contribution in [2.75, 3.05) is 0 Å². The zero-order chi connectivity index (χ0) is 22.6. The molecule has 2 spiro atoms. The predicted molar refractivity (Wildman–Crippen MR) is 132 cm³/mol. The number of esters is 1. The minimum Gasteiger partial charge on any atom is -1.00 e. The molecule has 0 aromatic heterocycles. The van der Waals surface area contributed by atoms with Crippen molar-refractivity contribution in [1.29, 1.82) is 0 Å². The Balaban J connectivity index is 0. The first-order valence-electron chi connectivity index (χ1n) is 11.2. The molecule has 4 nitrogen and oxygen atoms in total. The van der Waals surface area contributed by atoms with Crippen LogP contribution < -0.4 is 17.0 Å². The van der Waals surface area contributed by atoms with Gasteiger partial charge in [0.2, 0.25) is 5.24 Å². The molecule has 33 heavy (non-hydrogen) atoms. The van der Waals surface area contributed by atoms with Crippen molar-refractivity contribution in [3.05, 3.63) is 31.7 Å². The van der Waals surface area contributed by atoms with Gasteiger partial charge in [-0.3, -0.25) is 9.59 Å². The van der Waals surface area contributed by atoms with Gasteiger partial charge in [0.15, 0.2) is 0 Å². The van der Waals surface area contributed by atoms with E-state index in [-0.39, 0.29) is 64.4 Å². The van der Waals surface area contributed by atoms with E-state index < -0.39 is 5.24 Å². The summed E-state index contributed by atoms with van der Waals surface area (Å²) < 4.78 is 5.68. The summed E-state index contributed by atoms with van der Waals surface area (Å²) in [5.74, 6) is 0.347. The molecule has 0 saturated heterocycles. The first kappa shape index (κ1) is 35.0. The maximum absolute atomic E-state index is 11.6. The van der Waals surface area contributed by atoms with Gasteiger partial charge in [0.05, 0.1) is 0 Å².